The molecule has 2 aromatic carbocycles. The lowest BCUT2D eigenvalue weighted by Gasteiger charge is -2.20. The van der Waals surface area contributed by atoms with Gasteiger partial charge in [0.15, 0.2) is 5.75 Å². The Balaban J connectivity index is 1.87. The van der Waals surface area contributed by atoms with E-state index in [1.165, 1.54) is 5.56 Å². The average molecular weight is 246 g/mol. The molecule has 0 unspecified atom stereocenters. The summed E-state index contributed by atoms with van der Waals surface area (Å²) in [6.07, 6.45) is 1.01. The first-order valence-corrected chi connectivity index (χ1v) is 6.00. The third kappa shape index (κ3) is 1.96. The van der Waals surface area contributed by atoms with E-state index in [1.54, 1.807) is 0 Å². The van der Waals surface area contributed by atoms with E-state index < -0.39 is 0 Å². The second-order valence-corrected chi connectivity index (χ2v) is 4.41. The minimum atomic E-state index is 0.636. The molecule has 0 aromatic heterocycles. The van der Waals surface area contributed by atoms with E-state index in [1.807, 2.05) is 35.4 Å². The zero-order valence-electron chi connectivity index (χ0n) is 9.27. The van der Waals surface area contributed by atoms with Crippen molar-refractivity contribution in [1.82, 2.24) is 0 Å². The average Bonchev–Trinajstić information content (AvgIpc) is 2.76. The van der Waals surface area contributed by atoms with Gasteiger partial charge in [-0.1, -0.05) is 41.9 Å². The minimum absolute atomic E-state index is 0.636. The molecule has 3 heteroatoms. The van der Waals surface area contributed by atoms with Crippen molar-refractivity contribution in [2.45, 2.75) is 6.42 Å². The number of para-hydroxylation sites is 2. The number of hydrogen-bond donors (Lipinski definition) is 0. The second kappa shape index (κ2) is 4.30. The molecule has 86 valence electrons. The molecule has 0 bridgehead atoms. The lowest BCUT2D eigenvalue weighted by Crippen LogP contribution is -2.24. The highest BCUT2D eigenvalue weighted by Gasteiger charge is 2.20. The van der Waals surface area contributed by atoms with Crippen LogP contribution in [0.25, 0.3) is 0 Å². The van der Waals surface area contributed by atoms with Gasteiger partial charge in [0.05, 0.1) is 17.3 Å². The summed E-state index contributed by atoms with van der Waals surface area (Å²) in [7, 11) is 0. The molecule has 0 radical (unpaired) electrons. The second-order valence-electron chi connectivity index (χ2n) is 4.00. The van der Waals surface area contributed by atoms with E-state index in [-0.39, 0.29) is 0 Å². The van der Waals surface area contributed by atoms with Crippen molar-refractivity contribution in [3.05, 3.63) is 59.1 Å². The molecule has 0 spiro atoms. The number of halogens is 1. The standard InChI is InChI=1S/C14H12ClNO/c15-12-6-2-4-8-14(12)17-16-10-9-11-5-1-3-7-13(11)16/h1-8H,9-10H2. The first-order chi connectivity index (χ1) is 8.34. The SMILES string of the molecule is Clc1ccccc1ON1CCc2ccccc21. The summed E-state index contributed by atoms with van der Waals surface area (Å²) in [5.74, 6) is 0.700. The highest BCUT2D eigenvalue weighted by molar-refractivity contribution is 6.32. The smallest absolute Gasteiger partial charge is 0.173 e. The van der Waals surface area contributed by atoms with Crippen LogP contribution >= 0.6 is 11.6 Å². The third-order valence-corrected chi connectivity index (χ3v) is 3.20. The first kappa shape index (κ1) is 10.5. The summed E-state index contributed by atoms with van der Waals surface area (Å²) >= 11 is 6.08. The van der Waals surface area contributed by atoms with Crippen LogP contribution in [0.5, 0.6) is 5.75 Å². The number of rotatable bonds is 2. The molecule has 0 amide bonds. The monoisotopic (exact) mass is 245 g/mol. The Morgan fingerprint density at radius 1 is 1.00 bits per heavy atom. The van der Waals surface area contributed by atoms with Crippen molar-refractivity contribution in [2.24, 2.45) is 0 Å². The van der Waals surface area contributed by atoms with Gasteiger partial charge in [-0.25, -0.2) is 5.06 Å². The van der Waals surface area contributed by atoms with Crippen LogP contribution in [0.3, 0.4) is 0 Å². The van der Waals surface area contributed by atoms with Crippen molar-refractivity contribution >= 4 is 17.3 Å². The fraction of sp³-hybridized carbons (Fsp3) is 0.143. The van der Waals surface area contributed by atoms with Crippen molar-refractivity contribution in [3.63, 3.8) is 0 Å². The Hall–Kier alpha value is -1.67. The summed E-state index contributed by atoms with van der Waals surface area (Å²) in [5.41, 5.74) is 2.45. The number of anilines is 1. The van der Waals surface area contributed by atoms with E-state index >= 15 is 0 Å². The van der Waals surface area contributed by atoms with E-state index in [9.17, 15) is 0 Å². The first-order valence-electron chi connectivity index (χ1n) is 5.62. The van der Waals surface area contributed by atoms with Crippen LogP contribution in [-0.4, -0.2) is 6.54 Å². The van der Waals surface area contributed by atoms with Gasteiger partial charge in [-0.15, -0.1) is 0 Å². The number of nitrogens with zero attached hydrogens (tertiary/aromatic N) is 1. The van der Waals surface area contributed by atoms with Gasteiger partial charge in [-0.3, -0.25) is 0 Å². The number of hydroxylamine groups is 1. The van der Waals surface area contributed by atoms with Gasteiger partial charge >= 0.3 is 0 Å². The molecule has 0 saturated heterocycles. The highest BCUT2D eigenvalue weighted by atomic mass is 35.5. The maximum absolute atomic E-state index is 6.08. The number of benzene rings is 2. The van der Waals surface area contributed by atoms with E-state index in [0.29, 0.717) is 10.8 Å². The third-order valence-electron chi connectivity index (χ3n) is 2.89. The predicted molar refractivity (Wildman–Crippen MR) is 69.6 cm³/mol. The molecule has 0 aliphatic carbocycles. The van der Waals surface area contributed by atoms with Gasteiger partial charge in [0.25, 0.3) is 0 Å². The molecule has 17 heavy (non-hydrogen) atoms. The lowest BCUT2D eigenvalue weighted by molar-refractivity contribution is 0.289. The number of hydrogen-bond acceptors (Lipinski definition) is 2. The molecule has 2 aromatic rings. The number of fused-ring (bicyclic) bond motifs is 1. The zero-order valence-corrected chi connectivity index (χ0v) is 10.0. The Labute approximate surface area is 105 Å². The van der Waals surface area contributed by atoms with Gasteiger partial charge in [-0.2, -0.15) is 0 Å². The summed E-state index contributed by atoms with van der Waals surface area (Å²) in [6.45, 7) is 0.866. The maximum Gasteiger partial charge on any atom is 0.173 e. The molecule has 2 nitrogen and oxygen atoms in total. The van der Waals surface area contributed by atoms with Crippen molar-refractivity contribution in [2.75, 3.05) is 11.6 Å². The van der Waals surface area contributed by atoms with Crippen molar-refractivity contribution in [3.8, 4) is 5.75 Å². The van der Waals surface area contributed by atoms with Gasteiger partial charge in [0, 0.05) is 0 Å². The van der Waals surface area contributed by atoms with Crippen LogP contribution in [0.4, 0.5) is 5.69 Å². The van der Waals surface area contributed by atoms with Gasteiger partial charge in [0.1, 0.15) is 0 Å². The normalized spacial score (nSPS) is 13.6. The van der Waals surface area contributed by atoms with Gasteiger partial charge in [0.2, 0.25) is 0 Å². The molecule has 1 heterocycles. The topological polar surface area (TPSA) is 12.5 Å². The Morgan fingerprint density at radius 3 is 2.65 bits per heavy atom. The highest BCUT2D eigenvalue weighted by Crippen LogP contribution is 2.31. The summed E-state index contributed by atoms with van der Waals surface area (Å²) in [4.78, 5) is 5.83. The quantitative estimate of drug-likeness (QED) is 0.800. The van der Waals surface area contributed by atoms with E-state index in [4.69, 9.17) is 16.4 Å². The van der Waals surface area contributed by atoms with Crippen LogP contribution in [0.1, 0.15) is 5.56 Å². The molecule has 0 fully saturated rings. The molecular formula is C14H12ClNO. The molecule has 1 aliphatic rings. The Kier molecular flexibility index (Phi) is 2.65. The van der Waals surface area contributed by atoms with Crippen LogP contribution in [-0.2, 0) is 6.42 Å². The Bertz CT molecular complexity index is 541. The molecule has 0 atom stereocenters. The van der Waals surface area contributed by atoms with Crippen LogP contribution in [0, 0.1) is 0 Å². The fourth-order valence-electron chi connectivity index (χ4n) is 2.04. The van der Waals surface area contributed by atoms with E-state index in [0.717, 1.165) is 18.7 Å². The predicted octanol–water partition coefficient (Wildman–Crippen LogP) is 3.70. The zero-order chi connectivity index (χ0) is 11.7. The Morgan fingerprint density at radius 2 is 1.76 bits per heavy atom. The molecule has 3 rings (SSSR count). The van der Waals surface area contributed by atoms with Gasteiger partial charge in [-0.05, 0) is 30.2 Å². The van der Waals surface area contributed by atoms with Crippen molar-refractivity contribution < 1.29 is 4.84 Å². The molecule has 1 aliphatic heterocycles. The summed E-state index contributed by atoms with van der Waals surface area (Å²) in [6, 6.07) is 15.8. The van der Waals surface area contributed by atoms with Gasteiger partial charge < -0.3 is 4.84 Å². The fourth-order valence-corrected chi connectivity index (χ4v) is 2.21. The van der Waals surface area contributed by atoms with Crippen LogP contribution in [0.2, 0.25) is 5.02 Å². The summed E-state index contributed by atoms with van der Waals surface area (Å²) in [5, 5.41) is 2.54. The largest absolute Gasteiger partial charge is 0.378 e. The minimum Gasteiger partial charge on any atom is -0.378 e. The van der Waals surface area contributed by atoms with Crippen LogP contribution < -0.4 is 9.90 Å². The molecular weight excluding hydrogens is 234 g/mol. The van der Waals surface area contributed by atoms with Crippen molar-refractivity contribution in [1.29, 1.82) is 0 Å². The molecule has 0 N–H and O–H groups in total. The summed E-state index contributed by atoms with van der Waals surface area (Å²) < 4.78 is 0. The van der Waals surface area contributed by atoms with E-state index in [2.05, 4.69) is 18.2 Å². The lowest BCUT2D eigenvalue weighted by atomic mass is 10.2. The molecule has 0 saturated carbocycles. The van der Waals surface area contributed by atoms with Crippen LogP contribution in [0.15, 0.2) is 48.5 Å². The maximum atomic E-state index is 6.08.